The number of methoxy groups -OCH3 is 1. The first-order valence-electron chi connectivity index (χ1n) is 11.9. The first-order chi connectivity index (χ1) is 17.9. The molecular weight excluding hydrogens is 497 g/mol. The van der Waals surface area contributed by atoms with E-state index in [1.54, 1.807) is 0 Å². The molecule has 0 spiro atoms. The van der Waals surface area contributed by atoms with Gasteiger partial charge < -0.3 is 24.4 Å². The van der Waals surface area contributed by atoms with Gasteiger partial charge in [-0.05, 0) is 25.0 Å². The van der Waals surface area contributed by atoms with Gasteiger partial charge in [0.2, 0.25) is 0 Å². The average molecular weight is 525 g/mol. The van der Waals surface area contributed by atoms with Crippen molar-refractivity contribution in [2.24, 2.45) is 0 Å². The lowest BCUT2D eigenvalue weighted by Crippen LogP contribution is -2.57. The quantitative estimate of drug-likeness (QED) is 0.439. The average Bonchev–Trinajstić information content (AvgIpc) is 3.58. The van der Waals surface area contributed by atoms with Crippen molar-refractivity contribution in [1.29, 1.82) is 0 Å². The molecule has 37 heavy (non-hydrogen) atoms. The third-order valence-corrected chi connectivity index (χ3v) is 6.86. The zero-order chi connectivity index (χ0) is 26.1. The van der Waals surface area contributed by atoms with E-state index in [2.05, 4.69) is 20.6 Å². The van der Waals surface area contributed by atoms with Crippen LogP contribution in [0.5, 0.6) is 0 Å². The Labute approximate surface area is 209 Å². The topological polar surface area (TPSA) is 130 Å². The highest BCUT2D eigenvalue weighted by atomic mass is 19.2. The zero-order valence-electron chi connectivity index (χ0n) is 20.0. The van der Waals surface area contributed by atoms with Gasteiger partial charge in [0.1, 0.15) is 30.0 Å². The van der Waals surface area contributed by atoms with Gasteiger partial charge in [0.15, 0.2) is 17.5 Å². The van der Waals surface area contributed by atoms with Crippen molar-refractivity contribution in [3.8, 4) is 11.3 Å². The van der Waals surface area contributed by atoms with Crippen molar-refractivity contribution < 1.29 is 37.6 Å². The molecule has 14 heteroatoms. The normalized spacial score (nSPS) is 27.0. The molecule has 2 aromatic heterocycles. The molecule has 2 N–H and O–H groups in total. The fourth-order valence-electron chi connectivity index (χ4n) is 4.93. The maximum absolute atomic E-state index is 13.7. The fourth-order valence-corrected chi connectivity index (χ4v) is 4.93. The first kappa shape index (κ1) is 25.7. The molecule has 3 aromatic rings. The van der Waals surface area contributed by atoms with E-state index in [-0.39, 0.29) is 23.7 Å². The molecule has 0 radical (unpaired) electrons. The molecule has 1 aromatic carbocycles. The van der Waals surface area contributed by atoms with Crippen LogP contribution >= 0.6 is 0 Å². The molecule has 2 aliphatic rings. The third-order valence-electron chi connectivity index (χ3n) is 6.86. The van der Waals surface area contributed by atoms with Crippen LogP contribution in [0.15, 0.2) is 24.5 Å². The van der Waals surface area contributed by atoms with Crippen molar-refractivity contribution in [3.05, 3.63) is 47.7 Å². The largest absolute Gasteiger partial charge is 0.394 e. The van der Waals surface area contributed by atoms with E-state index in [0.717, 1.165) is 25.0 Å². The van der Waals surface area contributed by atoms with Crippen molar-refractivity contribution in [1.82, 2.24) is 30.0 Å². The van der Waals surface area contributed by atoms with Crippen LogP contribution in [-0.2, 0) is 20.6 Å². The van der Waals surface area contributed by atoms with Crippen molar-refractivity contribution >= 4 is 0 Å². The molecule has 4 heterocycles. The minimum absolute atomic E-state index is 0.0295. The second kappa shape index (κ2) is 10.8. The zero-order valence-corrected chi connectivity index (χ0v) is 20.0. The molecule has 0 aliphatic carbocycles. The van der Waals surface area contributed by atoms with Gasteiger partial charge in [0.05, 0.1) is 30.6 Å². The number of halogens is 3. The van der Waals surface area contributed by atoms with Gasteiger partial charge >= 0.3 is 0 Å². The summed E-state index contributed by atoms with van der Waals surface area (Å²) in [7, 11) is 1.45. The van der Waals surface area contributed by atoms with E-state index in [4.69, 9.17) is 14.2 Å². The Morgan fingerprint density at radius 1 is 1.03 bits per heavy atom. The van der Waals surface area contributed by atoms with E-state index >= 15 is 0 Å². The van der Waals surface area contributed by atoms with Gasteiger partial charge in [-0.2, -0.15) is 0 Å². The molecule has 0 bridgehead atoms. The number of ether oxygens (including phenoxy) is 3. The molecule has 11 nitrogen and oxygen atoms in total. The molecule has 0 amide bonds. The Kier molecular flexibility index (Phi) is 7.53. The van der Waals surface area contributed by atoms with Crippen LogP contribution in [0.4, 0.5) is 13.2 Å². The molecule has 0 unspecified atom stereocenters. The second-order valence-electron chi connectivity index (χ2n) is 9.15. The molecule has 0 saturated carbocycles. The van der Waals surface area contributed by atoms with Crippen LogP contribution in [0.2, 0.25) is 0 Å². The van der Waals surface area contributed by atoms with Crippen LogP contribution in [0.25, 0.3) is 11.3 Å². The van der Waals surface area contributed by atoms with E-state index in [1.165, 1.54) is 18.0 Å². The SMILES string of the molecule is CO[C@@H]1[C@@H](n2cc(-c3cc(F)c(F)c(F)c3)nn2)[C@@H](O)[C@@H](CO)O[C@@H]1Cc1cn(C2CCOCC2)nn1. The Hall–Kier alpha value is -2.91. The number of rotatable bonds is 7. The maximum Gasteiger partial charge on any atom is 0.194 e. The number of aliphatic hydroxyl groups is 2. The summed E-state index contributed by atoms with van der Waals surface area (Å²) < 4.78 is 61.1. The molecule has 200 valence electrons. The molecule has 2 saturated heterocycles. The summed E-state index contributed by atoms with van der Waals surface area (Å²) in [5, 5.41) is 37.3. The van der Waals surface area contributed by atoms with Crippen LogP contribution in [0.3, 0.4) is 0 Å². The monoisotopic (exact) mass is 524 g/mol. The molecule has 2 fully saturated rings. The number of hydrogen-bond donors (Lipinski definition) is 2. The summed E-state index contributed by atoms with van der Waals surface area (Å²) in [5.74, 6) is -4.31. The summed E-state index contributed by atoms with van der Waals surface area (Å²) in [6.45, 7) is 0.841. The lowest BCUT2D eigenvalue weighted by molar-refractivity contribution is -0.212. The molecule has 5 rings (SSSR count). The third kappa shape index (κ3) is 5.11. The first-order valence-corrected chi connectivity index (χ1v) is 11.9. The summed E-state index contributed by atoms with van der Waals surface area (Å²) in [6.07, 6.45) is 1.51. The maximum atomic E-state index is 13.7. The van der Waals surface area contributed by atoms with Gasteiger partial charge in [-0.3, -0.25) is 0 Å². The van der Waals surface area contributed by atoms with E-state index in [0.29, 0.717) is 18.9 Å². The number of aliphatic hydroxyl groups excluding tert-OH is 2. The van der Waals surface area contributed by atoms with E-state index in [1.807, 2.05) is 10.9 Å². The van der Waals surface area contributed by atoms with Gasteiger partial charge in [-0.15, -0.1) is 10.2 Å². The van der Waals surface area contributed by atoms with E-state index in [9.17, 15) is 23.4 Å². The van der Waals surface area contributed by atoms with Crippen molar-refractivity contribution in [2.75, 3.05) is 26.9 Å². The minimum atomic E-state index is -1.59. The number of benzene rings is 1. The van der Waals surface area contributed by atoms with E-state index < -0.39 is 54.5 Å². The van der Waals surface area contributed by atoms with Crippen molar-refractivity contribution in [2.45, 2.75) is 55.8 Å². The lowest BCUT2D eigenvalue weighted by atomic mass is 9.90. The summed E-state index contributed by atoms with van der Waals surface area (Å²) in [4.78, 5) is 0. The molecule has 2 aliphatic heterocycles. The van der Waals surface area contributed by atoms with Gasteiger partial charge in [0, 0.05) is 38.5 Å². The van der Waals surface area contributed by atoms with Crippen LogP contribution in [-0.4, -0.2) is 91.5 Å². The standard InChI is InChI=1S/C23H27F3N6O5/c1-35-23-18(8-13-9-31(29-27-13)14-2-4-36-5-3-14)37-19(11-33)22(34)21(23)32-10-17(28-30-32)12-6-15(24)20(26)16(25)7-12/h6-7,9-10,14,18-19,21-23,33-34H,2-5,8,11H2,1H3/t18-,19-,21+,22+,23+/m1/s1. The second-order valence-corrected chi connectivity index (χ2v) is 9.15. The molecular formula is C23H27F3N6O5. The Morgan fingerprint density at radius 3 is 2.41 bits per heavy atom. The lowest BCUT2D eigenvalue weighted by Gasteiger charge is -2.43. The summed E-state index contributed by atoms with van der Waals surface area (Å²) in [5.41, 5.74) is 0.669. The predicted molar refractivity (Wildman–Crippen MR) is 120 cm³/mol. The number of hydrogen-bond acceptors (Lipinski definition) is 9. The number of aromatic nitrogens is 6. The number of nitrogens with zero attached hydrogens (tertiary/aromatic N) is 6. The highest BCUT2D eigenvalue weighted by Gasteiger charge is 2.47. The summed E-state index contributed by atoms with van der Waals surface area (Å²) in [6, 6.07) is 0.933. The van der Waals surface area contributed by atoms with Gasteiger partial charge in [0.25, 0.3) is 0 Å². The van der Waals surface area contributed by atoms with Crippen LogP contribution in [0.1, 0.15) is 30.6 Å². The van der Waals surface area contributed by atoms with Crippen LogP contribution < -0.4 is 0 Å². The molecule has 5 atom stereocenters. The van der Waals surface area contributed by atoms with Crippen molar-refractivity contribution in [3.63, 3.8) is 0 Å². The van der Waals surface area contributed by atoms with Crippen LogP contribution in [0, 0.1) is 17.5 Å². The Bertz CT molecular complexity index is 1200. The smallest absolute Gasteiger partial charge is 0.194 e. The Balaban J connectivity index is 1.40. The minimum Gasteiger partial charge on any atom is -0.394 e. The summed E-state index contributed by atoms with van der Waals surface area (Å²) >= 11 is 0. The highest BCUT2D eigenvalue weighted by molar-refractivity contribution is 5.57. The predicted octanol–water partition coefficient (Wildman–Crippen LogP) is 1.22. The fraction of sp³-hybridized carbons (Fsp3) is 0.565. The van der Waals surface area contributed by atoms with Gasteiger partial charge in [-0.1, -0.05) is 10.4 Å². The Morgan fingerprint density at radius 2 is 1.73 bits per heavy atom. The highest BCUT2D eigenvalue weighted by Crippen LogP contribution is 2.34. The van der Waals surface area contributed by atoms with Gasteiger partial charge in [-0.25, -0.2) is 22.5 Å².